The summed E-state index contributed by atoms with van der Waals surface area (Å²) in [6.07, 6.45) is 3.74. The van der Waals surface area contributed by atoms with Crippen LogP contribution in [0.15, 0.2) is 43.0 Å². The number of allylic oxidation sites excluding steroid dienone is 1. The number of nitrogens with one attached hydrogen (secondary N) is 1. The van der Waals surface area contributed by atoms with Gasteiger partial charge in [-0.25, -0.2) is 0 Å². The Balaban J connectivity index is 2.48. The molecule has 104 valence electrons. The molecule has 3 heteroatoms. The molecule has 2 unspecified atom stereocenters. The Kier molecular flexibility index (Phi) is 6.90. The molecule has 0 spiro atoms. The molecular weight excluding hydrogens is 238 g/mol. The van der Waals surface area contributed by atoms with E-state index in [4.69, 9.17) is 5.11 Å². The quantitative estimate of drug-likeness (QED) is 0.707. The van der Waals surface area contributed by atoms with Gasteiger partial charge in [-0.3, -0.25) is 4.79 Å². The van der Waals surface area contributed by atoms with E-state index in [1.807, 2.05) is 43.3 Å². The van der Waals surface area contributed by atoms with E-state index in [9.17, 15) is 4.79 Å². The van der Waals surface area contributed by atoms with Gasteiger partial charge < -0.3 is 10.4 Å². The molecule has 3 nitrogen and oxygen atoms in total. The molecule has 2 N–H and O–H groups in total. The minimum Gasteiger partial charge on any atom is -0.396 e. The molecule has 1 aromatic carbocycles. The minimum atomic E-state index is 0.0270. The summed E-state index contributed by atoms with van der Waals surface area (Å²) in [7, 11) is 0. The van der Waals surface area contributed by atoms with E-state index in [2.05, 4.69) is 11.9 Å². The van der Waals surface area contributed by atoms with Crippen LogP contribution in [0, 0.1) is 0 Å². The third-order valence-corrected chi connectivity index (χ3v) is 3.12. The number of aliphatic hydroxyl groups excluding tert-OH is 1. The summed E-state index contributed by atoms with van der Waals surface area (Å²) in [5, 5.41) is 11.7. The number of hydrogen-bond donors (Lipinski definition) is 2. The standard InChI is InChI=1S/C16H23NO2/c1-3-14(15-9-5-4-6-10-15)12-16(19)17-13(2)8-7-11-18/h3-6,9-10,13-14,18H,1,7-8,11-12H2,2H3,(H,17,19). The van der Waals surface area contributed by atoms with Crippen molar-refractivity contribution in [1.29, 1.82) is 0 Å². The number of carbonyl (C=O) groups is 1. The van der Waals surface area contributed by atoms with E-state index in [-0.39, 0.29) is 24.5 Å². The third-order valence-electron chi connectivity index (χ3n) is 3.12. The van der Waals surface area contributed by atoms with Gasteiger partial charge in [-0.05, 0) is 25.3 Å². The van der Waals surface area contributed by atoms with Gasteiger partial charge in [0.1, 0.15) is 0 Å². The van der Waals surface area contributed by atoms with Gasteiger partial charge in [0.05, 0.1) is 0 Å². The number of benzene rings is 1. The summed E-state index contributed by atoms with van der Waals surface area (Å²) >= 11 is 0. The Morgan fingerprint density at radius 1 is 1.42 bits per heavy atom. The van der Waals surface area contributed by atoms with Crippen LogP contribution in [0.4, 0.5) is 0 Å². The highest BCUT2D eigenvalue weighted by atomic mass is 16.2. The van der Waals surface area contributed by atoms with Crippen molar-refractivity contribution in [3.63, 3.8) is 0 Å². The molecule has 0 radical (unpaired) electrons. The van der Waals surface area contributed by atoms with E-state index in [1.54, 1.807) is 0 Å². The first-order chi connectivity index (χ1) is 9.17. The molecule has 1 amide bonds. The second-order valence-electron chi connectivity index (χ2n) is 4.79. The van der Waals surface area contributed by atoms with Crippen molar-refractivity contribution in [2.45, 2.75) is 38.1 Å². The van der Waals surface area contributed by atoms with Crippen LogP contribution in [0.5, 0.6) is 0 Å². The van der Waals surface area contributed by atoms with Gasteiger partial charge in [0.25, 0.3) is 0 Å². The molecule has 0 saturated carbocycles. The maximum atomic E-state index is 11.9. The van der Waals surface area contributed by atoms with Crippen LogP contribution in [0.2, 0.25) is 0 Å². The smallest absolute Gasteiger partial charge is 0.221 e. The van der Waals surface area contributed by atoms with Crippen LogP contribution in [0.1, 0.15) is 37.7 Å². The molecule has 0 aromatic heterocycles. The molecule has 2 atom stereocenters. The van der Waals surface area contributed by atoms with Crippen molar-refractivity contribution >= 4 is 5.91 Å². The van der Waals surface area contributed by atoms with Crippen molar-refractivity contribution < 1.29 is 9.90 Å². The fourth-order valence-corrected chi connectivity index (χ4v) is 2.04. The number of carbonyl (C=O) groups excluding carboxylic acids is 1. The zero-order valence-electron chi connectivity index (χ0n) is 11.5. The van der Waals surface area contributed by atoms with Crippen LogP contribution >= 0.6 is 0 Å². The highest BCUT2D eigenvalue weighted by Gasteiger charge is 2.14. The van der Waals surface area contributed by atoms with Crippen LogP contribution in [-0.2, 0) is 4.79 Å². The van der Waals surface area contributed by atoms with Gasteiger partial charge in [-0.15, -0.1) is 6.58 Å². The first kappa shape index (κ1) is 15.4. The Labute approximate surface area is 115 Å². The minimum absolute atomic E-state index is 0.0270. The van der Waals surface area contributed by atoms with Gasteiger partial charge in [0.2, 0.25) is 5.91 Å². The van der Waals surface area contributed by atoms with E-state index in [0.717, 1.165) is 12.0 Å². The van der Waals surface area contributed by atoms with Gasteiger partial charge in [0, 0.05) is 25.0 Å². The summed E-state index contributed by atoms with van der Waals surface area (Å²) in [4.78, 5) is 11.9. The van der Waals surface area contributed by atoms with Crippen LogP contribution < -0.4 is 5.32 Å². The Bertz CT molecular complexity index is 389. The fourth-order valence-electron chi connectivity index (χ4n) is 2.04. The van der Waals surface area contributed by atoms with Crippen molar-refractivity contribution in [3.05, 3.63) is 48.6 Å². The molecule has 0 bridgehead atoms. The second kappa shape index (κ2) is 8.48. The zero-order valence-corrected chi connectivity index (χ0v) is 11.5. The van der Waals surface area contributed by atoms with E-state index in [1.165, 1.54) is 0 Å². The average Bonchev–Trinajstić information content (AvgIpc) is 2.43. The molecule has 0 aliphatic carbocycles. The molecule has 1 rings (SSSR count). The summed E-state index contributed by atoms with van der Waals surface area (Å²) in [6, 6.07) is 10.0. The second-order valence-corrected chi connectivity index (χ2v) is 4.79. The zero-order chi connectivity index (χ0) is 14.1. The lowest BCUT2D eigenvalue weighted by atomic mass is 9.95. The first-order valence-electron chi connectivity index (χ1n) is 6.75. The van der Waals surface area contributed by atoms with Crippen LogP contribution in [-0.4, -0.2) is 23.7 Å². The molecule has 0 heterocycles. The largest absolute Gasteiger partial charge is 0.396 e. The topological polar surface area (TPSA) is 49.3 Å². The highest BCUT2D eigenvalue weighted by Crippen LogP contribution is 2.20. The Morgan fingerprint density at radius 3 is 2.68 bits per heavy atom. The first-order valence-corrected chi connectivity index (χ1v) is 6.75. The molecule has 0 aliphatic heterocycles. The van der Waals surface area contributed by atoms with Crippen LogP contribution in [0.25, 0.3) is 0 Å². The Morgan fingerprint density at radius 2 is 2.11 bits per heavy atom. The summed E-state index contributed by atoms with van der Waals surface area (Å²) in [5.41, 5.74) is 1.11. The van der Waals surface area contributed by atoms with Crippen molar-refractivity contribution in [1.82, 2.24) is 5.32 Å². The molecule has 0 fully saturated rings. The molecule has 19 heavy (non-hydrogen) atoms. The fraction of sp³-hybridized carbons (Fsp3) is 0.438. The average molecular weight is 261 g/mol. The lowest BCUT2D eigenvalue weighted by Gasteiger charge is -2.16. The van der Waals surface area contributed by atoms with Crippen molar-refractivity contribution in [2.24, 2.45) is 0 Å². The van der Waals surface area contributed by atoms with Gasteiger partial charge in [-0.1, -0.05) is 36.4 Å². The monoisotopic (exact) mass is 261 g/mol. The van der Waals surface area contributed by atoms with Crippen LogP contribution in [0.3, 0.4) is 0 Å². The molecular formula is C16H23NO2. The summed E-state index contributed by atoms with van der Waals surface area (Å²) in [6.45, 7) is 5.93. The number of amides is 1. The maximum Gasteiger partial charge on any atom is 0.221 e. The lowest BCUT2D eigenvalue weighted by Crippen LogP contribution is -2.33. The van der Waals surface area contributed by atoms with Gasteiger partial charge >= 0.3 is 0 Å². The van der Waals surface area contributed by atoms with Gasteiger partial charge in [0.15, 0.2) is 0 Å². The normalized spacial score (nSPS) is 13.6. The summed E-state index contributed by atoms with van der Waals surface area (Å²) < 4.78 is 0. The predicted octanol–water partition coefficient (Wildman–Crippen LogP) is 2.62. The molecule has 0 aliphatic rings. The van der Waals surface area contributed by atoms with Crippen molar-refractivity contribution in [2.75, 3.05) is 6.61 Å². The number of hydrogen-bond acceptors (Lipinski definition) is 2. The maximum absolute atomic E-state index is 11.9. The number of rotatable bonds is 8. The van der Waals surface area contributed by atoms with E-state index < -0.39 is 0 Å². The third kappa shape index (κ3) is 5.71. The lowest BCUT2D eigenvalue weighted by molar-refractivity contribution is -0.121. The van der Waals surface area contributed by atoms with E-state index in [0.29, 0.717) is 12.8 Å². The molecule has 1 aromatic rings. The highest BCUT2D eigenvalue weighted by molar-refractivity contribution is 5.77. The predicted molar refractivity (Wildman–Crippen MR) is 77.9 cm³/mol. The van der Waals surface area contributed by atoms with E-state index >= 15 is 0 Å². The summed E-state index contributed by atoms with van der Waals surface area (Å²) in [5.74, 6) is 0.0745. The number of aliphatic hydroxyl groups is 1. The SMILES string of the molecule is C=CC(CC(=O)NC(C)CCCO)c1ccccc1. The molecule has 0 saturated heterocycles. The Hall–Kier alpha value is -1.61. The van der Waals surface area contributed by atoms with Crippen molar-refractivity contribution in [3.8, 4) is 0 Å². The van der Waals surface area contributed by atoms with Gasteiger partial charge in [-0.2, -0.15) is 0 Å².